The molecule has 240 valence electrons. The minimum atomic E-state index is -3.25. The van der Waals surface area contributed by atoms with Crippen molar-refractivity contribution >= 4 is 11.6 Å². The fraction of sp³-hybridized carbons (Fsp3) is 0.200. The summed E-state index contributed by atoms with van der Waals surface area (Å²) < 4.78 is 49.6. The average Bonchev–Trinajstić information content (AvgIpc) is 3.70. The van der Waals surface area contributed by atoms with Gasteiger partial charge in [0.1, 0.15) is 18.1 Å². The highest BCUT2D eigenvalue weighted by molar-refractivity contribution is 6.30. The maximum atomic E-state index is 14.9. The van der Waals surface area contributed by atoms with Crippen molar-refractivity contribution in [3.05, 3.63) is 130 Å². The Morgan fingerprint density at radius 3 is 2.09 bits per heavy atom. The molecular formula is C35H31ClF2N6O3. The number of halogens is 3. The van der Waals surface area contributed by atoms with Gasteiger partial charge in [-0.05, 0) is 65.2 Å². The number of hydrogen-bond donors (Lipinski definition) is 0. The zero-order valence-electron chi connectivity index (χ0n) is 25.9. The highest BCUT2D eigenvalue weighted by Gasteiger charge is 2.34. The SMILES string of the molecule is COc1ccc(COc2cc(Cc3ccc(Cl)cc3)nn2-c2cc(-c3c(C(C)(F)F)nnn3Cc3ccc(OC)cc3)ccn2)cc1. The van der Waals surface area contributed by atoms with Gasteiger partial charge in [0.05, 0.1) is 32.2 Å². The number of methoxy groups -OCH3 is 2. The molecule has 6 aromatic rings. The summed E-state index contributed by atoms with van der Waals surface area (Å²) in [7, 11) is 3.19. The van der Waals surface area contributed by atoms with E-state index in [1.807, 2.05) is 66.7 Å². The van der Waals surface area contributed by atoms with E-state index in [1.54, 1.807) is 49.4 Å². The van der Waals surface area contributed by atoms with Gasteiger partial charge in [-0.15, -0.1) is 5.10 Å². The van der Waals surface area contributed by atoms with Crippen molar-refractivity contribution in [2.45, 2.75) is 32.4 Å². The predicted octanol–water partition coefficient (Wildman–Crippen LogP) is 7.53. The summed E-state index contributed by atoms with van der Waals surface area (Å²) in [5.41, 5.74) is 3.66. The van der Waals surface area contributed by atoms with Gasteiger partial charge >= 0.3 is 0 Å². The minimum absolute atomic E-state index is 0.172. The van der Waals surface area contributed by atoms with Crippen LogP contribution in [-0.4, -0.2) is 44.0 Å². The van der Waals surface area contributed by atoms with Gasteiger partial charge in [0, 0.05) is 36.2 Å². The quantitative estimate of drug-likeness (QED) is 0.135. The van der Waals surface area contributed by atoms with E-state index in [-0.39, 0.29) is 18.8 Å². The van der Waals surface area contributed by atoms with Gasteiger partial charge in [0.25, 0.3) is 5.92 Å². The Hall–Kier alpha value is -5.29. The summed E-state index contributed by atoms with van der Waals surface area (Å²) in [5, 5.41) is 13.5. The molecule has 0 amide bonds. The maximum absolute atomic E-state index is 14.9. The van der Waals surface area contributed by atoms with E-state index in [9.17, 15) is 8.78 Å². The summed E-state index contributed by atoms with van der Waals surface area (Å²) in [6.45, 7) is 1.27. The van der Waals surface area contributed by atoms with Crippen LogP contribution in [0.2, 0.25) is 5.02 Å². The van der Waals surface area contributed by atoms with Gasteiger partial charge in [-0.3, -0.25) is 0 Å². The van der Waals surface area contributed by atoms with Crippen LogP contribution in [0.3, 0.4) is 0 Å². The zero-order valence-corrected chi connectivity index (χ0v) is 26.7. The lowest BCUT2D eigenvalue weighted by molar-refractivity contribution is 0.0133. The monoisotopic (exact) mass is 656 g/mol. The normalized spacial score (nSPS) is 11.4. The van der Waals surface area contributed by atoms with Gasteiger partial charge in [0.2, 0.25) is 5.88 Å². The van der Waals surface area contributed by atoms with Crippen molar-refractivity contribution in [3.8, 4) is 34.5 Å². The Bertz CT molecular complexity index is 1950. The van der Waals surface area contributed by atoms with Crippen LogP contribution < -0.4 is 14.2 Å². The molecule has 9 nitrogen and oxygen atoms in total. The van der Waals surface area contributed by atoms with Crippen molar-refractivity contribution in [2.24, 2.45) is 0 Å². The van der Waals surface area contributed by atoms with Gasteiger partial charge in [-0.25, -0.2) is 9.67 Å². The van der Waals surface area contributed by atoms with Crippen LogP contribution >= 0.6 is 11.6 Å². The van der Waals surface area contributed by atoms with Gasteiger partial charge in [0.15, 0.2) is 11.5 Å². The highest BCUT2D eigenvalue weighted by Crippen LogP contribution is 2.35. The van der Waals surface area contributed by atoms with Gasteiger partial charge in [-0.1, -0.05) is 53.2 Å². The Kier molecular flexibility index (Phi) is 9.17. The Balaban J connectivity index is 1.37. The first-order valence-electron chi connectivity index (χ1n) is 14.7. The average molecular weight is 657 g/mol. The molecule has 0 saturated heterocycles. The summed E-state index contributed by atoms with van der Waals surface area (Å²) in [4.78, 5) is 4.55. The van der Waals surface area contributed by atoms with Gasteiger partial charge < -0.3 is 14.2 Å². The predicted molar refractivity (Wildman–Crippen MR) is 174 cm³/mol. The van der Waals surface area contributed by atoms with Crippen LogP contribution in [0, 0.1) is 0 Å². The second-order valence-corrected chi connectivity index (χ2v) is 11.3. The first-order chi connectivity index (χ1) is 22.7. The summed E-state index contributed by atoms with van der Waals surface area (Å²) in [5.74, 6) is -1.02. The molecule has 0 unspecified atom stereocenters. The molecule has 0 fully saturated rings. The molecule has 0 radical (unpaired) electrons. The molecule has 3 aromatic carbocycles. The van der Waals surface area contributed by atoms with Crippen molar-refractivity contribution < 1.29 is 23.0 Å². The minimum Gasteiger partial charge on any atom is -0.497 e. The van der Waals surface area contributed by atoms with E-state index >= 15 is 0 Å². The standard InChI is InChI=1S/C35H31ClF2N6O3/c1-35(37,38)34-33(43(42-40-34)21-24-6-12-29(45-2)13-7-24)26-16-17-39-31(19-26)44-32(47-22-25-8-14-30(46-3)15-9-25)20-28(41-44)18-23-4-10-27(36)11-5-23/h4-17,19-20H,18,21-22H2,1-3H3. The Labute approximate surface area is 275 Å². The molecule has 3 aromatic heterocycles. The van der Waals surface area contributed by atoms with Crippen molar-refractivity contribution in [1.29, 1.82) is 0 Å². The second-order valence-electron chi connectivity index (χ2n) is 10.9. The molecule has 12 heteroatoms. The summed E-state index contributed by atoms with van der Waals surface area (Å²) >= 11 is 6.09. The van der Waals surface area contributed by atoms with Crippen molar-refractivity contribution in [1.82, 2.24) is 29.8 Å². The van der Waals surface area contributed by atoms with Crippen LogP contribution in [0.4, 0.5) is 8.78 Å². The highest BCUT2D eigenvalue weighted by atomic mass is 35.5. The first kappa shape index (κ1) is 31.7. The number of benzene rings is 3. The molecule has 0 aliphatic rings. The summed E-state index contributed by atoms with van der Waals surface area (Å²) in [6.07, 6.45) is 2.05. The third kappa shape index (κ3) is 7.41. The van der Waals surface area contributed by atoms with Crippen LogP contribution in [0.25, 0.3) is 17.1 Å². The number of rotatable bonds is 12. The molecule has 0 spiro atoms. The Morgan fingerprint density at radius 1 is 0.809 bits per heavy atom. The summed E-state index contributed by atoms with van der Waals surface area (Å²) in [6, 6.07) is 27.5. The van der Waals surface area contributed by atoms with Crippen LogP contribution in [-0.2, 0) is 25.5 Å². The molecule has 0 saturated carbocycles. The molecule has 0 N–H and O–H groups in total. The zero-order chi connectivity index (χ0) is 33.0. The third-order valence-corrected chi connectivity index (χ3v) is 7.70. The largest absolute Gasteiger partial charge is 0.497 e. The smallest absolute Gasteiger partial charge is 0.291 e. The number of hydrogen-bond acceptors (Lipinski definition) is 7. The van der Waals surface area contributed by atoms with Crippen molar-refractivity contribution in [3.63, 3.8) is 0 Å². The molecule has 3 heterocycles. The number of pyridine rings is 1. The lowest BCUT2D eigenvalue weighted by Crippen LogP contribution is -2.12. The lowest BCUT2D eigenvalue weighted by Gasteiger charge is -2.14. The second kappa shape index (κ2) is 13.6. The molecule has 0 aliphatic carbocycles. The number of alkyl halides is 2. The molecule has 6 rings (SSSR count). The molecular weight excluding hydrogens is 626 g/mol. The first-order valence-corrected chi connectivity index (χ1v) is 15.1. The van der Waals surface area contributed by atoms with Gasteiger partial charge in [-0.2, -0.15) is 18.6 Å². The number of aromatic nitrogens is 6. The van der Waals surface area contributed by atoms with Crippen LogP contribution in [0.5, 0.6) is 17.4 Å². The van der Waals surface area contributed by atoms with E-state index in [0.717, 1.165) is 35.1 Å². The molecule has 0 aliphatic heterocycles. The topological polar surface area (TPSA) is 89.1 Å². The fourth-order valence-electron chi connectivity index (χ4n) is 5.04. The van der Waals surface area contributed by atoms with E-state index in [2.05, 4.69) is 15.3 Å². The maximum Gasteiger partial charge on any atom is 0.291 e. The van der Waals surface area contributed by atoms with Crippen molar-refractivity contribution in [2.75, 3.05) is 14.2 Å². The van der Waals surface area contributed by atoms with E-state index in [0.29, 0.717) is 34.5 Å². The number of nitrogens with zero attached hydrogens (tertiary/aromatic N) is 6. The number of ether oxygens (including phenoxy) is 3. The van der Waals surface area contributed by atoms with Crippen LogP contribution in [0.15, 0.2) is 97.2 Å². The van der Waals surface area contributed by atoms with Crippen LogP contribution in [0.1, 0.15) is 35.0 Å². The van der Waals surface area contributed by atoms with E-state index in [4.69, 9.17) is 30.9 Å². The fourth-order valence-corrected chi connectivity index (χ4v) is 5.17. The molecule has 47 heavy (non-hydrogen) atoms. The van der Waals surface area contributed by atoms with E-state index < -0.39 is 11.6 Å². The Morgan fingerprint density at radius 2 is 1.45 bits per heavy atom. The van der Waals surface area contributed by atoms with E-state index in [1.165, 1.54) is 4.68 Å². The molecule has 0 atom stereocenters. The lowest BCUT2D eigenvalue weighted by atomic mass is 10.1. The third-order valence-electron chi connectivity index (χ3n) is 7.45. The molecule has 0 bridgehead atoms.